The Bertz CT molecular complexity index is 894. The smallest absolute Gasteiger partial charge is 0.226 e. The molecule has 0 bridgehead atoms. The van der Waals surface area contributed by atoms with Gasteiger partial charge in [0.25, 0.3) is 0 Å². The fraction of sp³-hybridized carbons (Fsp3) is 0.615. The summed E-state index contributed by atoms with van der Waals surface area (Å²) in [6, 6.07) is 10.3. The first-order chi connectivity index (χ1) is 15.5. The van der Waals surface area contributed by atoms with E-state index in [2.05, 4.69) is 49.9 Å². The van der Waals surface area contributed by atoms with Crippen molar-refractivity contribution in [1.29, 1.82) is 0 Å². The Hall–Kier alpha value is -2.34. The van der Waals surface area contributed by atoms with E-state index in [1.165, 1.54) is 0 Å². The molecule has 32 heavy (non-hydrogen) atoms. The van der Waals surface area contributed by atoms with E-state index in [4.69, 9.17) is 9.84 Å². The lowest BCUT2D eigenvalue weighted by Gasteiger charge is -2.29. The van der Waals surface area contributed by atoms with Gasteiger partial charge in [-0.3, -0.25) is 4.79 Å². The molecule has 0 unspecified atom stereocenters. The summed E-state index contributed by atoms with van der Waals surface area (Å²) >= 11 is 0. The van der Waals surface area contributed by atoms with Crippen molar-refractivity contribution >= 4 is 11.7 Å². The number of amides is 1. The molecule has 1 atom stereocenters. The Morgan fingerprint density at radius 3 is 2.44 bits per heavy atom. The first-order valence-corrected chi connectivity index (χ1v) is 12.2. The third-order valence-corrected chi connectivity index (χ3v) is 6.77. The molecular weight excluding hydrogens is 400 g/mol. The second kappa shape index (κ2) is 10.1. The van der Waals surface area contributed by atoms with Crippen molar-refractivity contribution in [2.75, 3.05) is 32.1 Å². The molecule has 1 aromatic heterocycles. The lowest BCUT2D eigenvalue weighted by atomic mass is 10.0. The summed E-state index contributed by atoms with van der Waals surface area (Å²) in [5.41, 5.74) is 3.25. The van der Waals surface area contributed by atoms with Crippen molar-refractivity contribution in [2.24, 2.45) is 5.92 Å². The van der Waals surface area contributed by atoms with E-state index in [9.17, 15) is 4.79 Å². The van der Waals surface area contributed by atoms with Gasteiger partial charge >= 0.3 is 0 Å². The lowest BCUT2D eigenvalue weighted by molar-refractivity contribution is -0.137. The highest BCUT2D eigenvalue weighted by atomic mass is 16.5. The molecule has 1 saturated heterocycles. The van der Waals surface area contributed by atoms with Crippen LogP contribution < -0.4 is 4.90 Å². The monoisotopic (exact) mass is 438 g/mol. The van der Waals surface area contributed by atoms with Crippen LogP contribution in [0.15, 0.2) is 30.3 Å². The van der Waals surface area contributed by atoms with Crippen molar-refractivity contribution in [3.05, 3.63) is 41.6 Å². The third kappa shape index (κ3) is 4.85. The van der Waals surface area contributed by atoms with E-state index in [0.29, 0.717) is 19.0 Å². The topological polar surface area (TPSA) is 50.6 Å². The van der Waals surface area contributed by atoms with E-state index >= 15 is 0 Å². The summed E-state index contributed by atoms with van der Waals surface area (Å²) in [6.45, 7) is 6.44. The van der Waals surface area contributed by atoms with E-state index < -0.39 is 0 Å². The minimum absolute atomic E-state index is 0.148. The van der Waals surface area contributed by atoms with Gasteiger partial charge in [-0.25, -0.2) is 4.68 Å². The van der Waals surface area contributed by atoms with Crippen LogP contribution in [0, 0.1) is 5.92 Å². The second-order valence-corrected chi connectivity index (χ2v) is 9.82. The van der Waals surface area contributed by atoms with Crippen LogP contribution in [0.1, 0.15) is 69.5 Å². The summed E-state index contributed by atoms with van der Waals surface area (Å²) in [5, 5.41) is 5.05. The number of para-hydroxylation sites is 1. The lowest BCUT2D eigenvalue weighted by Crippen LogP contribution is -2.40. The van der Waals surface area contributed by atoms with Crippen molar-refractivity contribution in [3.8, 4) is 5.69 Å². The first kappa shape index (κ1) is 22.8. The van der Waals surface area contributed by atoms with Gasteiger partial charge in [0.15, 0.2) is 0 Å². The molecule has 2 aromatic rings. The van der Waals surface area contributed by atoms with Gasteiger partial charge in [-0.15, -0.1) is 0 Å². The molecule has 2 heterocycles. The molecule has 6 heteroatoms. The number of carbonyl (C=O) groups is 1. The Morgan fingerprint density at radius 1 is 1.12 bits per heavy atom. The van der Waals surface area contributed by atoms with Gasteiger partial charge in [-0.1, -0.05) is 44.9 Å². The SMILES string of the molecule is CC(C)c1nn(-c2ccccc2)c(N(C)C)c1CN(C[C@@H]1CCCO1)C(=O)C1CCCC1. The molecule has 6 nitrogen and oxygen atoms in total. The number of ether oxygens (including phenoxy) is 1. The normalized spacial score (nSPS) is 19.1. The minimum atomic E-state index is 0.148. The Kier molecular flexibility index (Phi) is 7.19. The van der Waals surface area contributed by atoms with E-state index in [1.54, 1.807) is 0 Å². The molecule has 0 radical (unpaired) electrons. The largest absolute Gasteiger partial charge is 0.376 e. The van der Waals surface area contributed by atoms with Crippen molar-refractivity contribution in [2.45, 2.75) is 70.9 Å². The molecule has 1 aliphatic heterocycles. The molecule has 1 amide bonds. The first-order valence-electron chi connectivity index (χ1n) is 12.2. The summed E-state index contributed by atoms with van der Waals surface area (Å²) in [4.78, 5) is 17.8. The summed E-state index contributed by atoms with van der Waals surface area (Å²) in [6.07, 6.45) is 6.63. The van der Waals surface area contributed by atoms with Crippen LogP contribution >= 0.6 is 0 Å². The van der Waals surface area contributed by atoms with E-state index in [1.807, 2.05) is 22.9 Å². The van der Waals surface area contributed by atoms with Crippen LogP contribution in [0.25, 0.3) is 5.69 Å². The number of nitrogens with zero attached hydrogens (tertiary/aromatic N) is 4. The van der Waals surface area contributed by atoms with Gasteiger partial charge < -0.3 is 14.5 Å². The predicted octanol–water partition coefficient (Wildman–Crippen LogP) is 4.76. The maximum absolute atomic E-state index is 13.6. The molecule has 174 valence electrons. The van der Waals surface area contributed by atoms with Crippen molar-refractivity contribution < 1.29 is 9.53 Å². The Labute approximate surface area is 192 Å². The van der Waals surface area contributed by atoms with Crippen LogP contribution in [0.3, 0.4) is 0 Å². The maximum atomic E-state index is 13.6. The molecule has 1 aromatic carbocycles. The standard InChI is InChI=1S/C26H38N4O2/c1-19(2)24-23(25(28(3)4)30(27-24)21-13-6-5-7-14-21)18-29(17-22-15-10-16-32-22)26(31)20-11-8-9-12-20/h5-7,13-14,19-20,22H,8-12,15-18H2,1-4H3/t22-/m0/s1. The van der Waals surface area contributed by atoms with Gasteiger partial charge in [-0.2, -0.15) is 5.10 Å². The molecule has 4 rings (SSSR count). The molecule has 2 aliphatic rings. The molecular formula is C26H38N4O2. The molecule has 0 spiro atoms. The van der Waals surface area contributed by atoms with Crippen LogP contribution in [-0.2, 0) is 16.1 Å². The maximum Gasteiger partial charge on any atom is 0.226 e. The highest BCUT2D eigenvalue weighted by molar-refractivity contribution is 5.79. The number of hydrogen-bond acceptors (Lipinski definition) is 4. The molecule has 2 fully saturated rings. The summed E-state index contributed by atoms with van der Waals surface area (Å²) in [7, 11) is 4.13. The molecule has 1 aliphatic carbocycles. The van der Waals surface area contributed by atoms with Crippen LogP contribution in [0.4, 0.5) is 5.82 Å². The highest BCUT2D eigenvalue weighted by Gasteiger charge is 2.32. The van der Waals surface area contributed by atoms with Crippen LogP contribution in [-0.4, -0.2) is 53.9 Å². The zero-order chi connectivity index (χ0) is 22.7. The number of rotatable bonds is 8. The van der Waals surface area contributed by atoms with Gasteiger partial charge in [0.1, 0.15) is 5.82 Å². The van der Waals surface area contributed by atoms with Crippen LogP contribution in [0.2, 0.25) is 0 Å². The van der Waals surface area contributed by atoms with Crippen molar-refractivity contribution in [1.82, 2.24) is 14.7 Å². The van der Waals surface area contributed by atoms with E-state index in [-0.39, 0.29) is 17.9 Å². The predicted molar refractivity (Wildman–Crippen MR) is 128 cm³/mol. The Balaban J connectivity index is 1.72. The van der Waals surface area contributed by atoms with Gasteiger partial charge in [-0.05, 0) is 43.7 Å². The minimum Gasteiger partial charge on any atom is -0.376 e. The number of anilines is 1. The third-order valence-electron chi connectivity index (χ3n) is 6.77. The van der Waals surface area contributed by atoms with Gasteiger partial charge in [0.2, 0.25) is 5.91 Å². The number of carbonyl (C=O) groups excluding carboxylic acids is 1. The quantitative estimate of drug-likeness (QED) is 0.596. The average molecular weight is 439 g/mol. The summed E-state index contributed by atoms with van der Waals surface area (Å²) < 4.78 is 7.98. The molecule has 1 saturated carbocycles. The van der Waals surface area contributed by atoms with Crippen LogP contribution in [0.5, 0.6) is 0 Å². The average Bonchev–Trinajstić information content (AvgIpc) is 3.54. The van der Waals surface area contributed by atoms with Crippen molar-refractivity contribution in [3.63, 3.8) is 0 Å². The Morgan fingerprint density at radius 2 is 1.84 bits per heavy atom. The number of benzene rings is 1. The zero-order valence-corrected chi connectivity index (χ0v) is 20.1. The number of aromatic nitrogens is 2. The van der Waals surface area contributed by atoms with Gasteiger partial charge in [0, 0.05) is 38.7 Å². The second-order valence-electron chi connectivity index (χ2n) is 9.82. The fourth-order valence-electron chi connectivity index (χ4n) is 5.17. The molecule has 0 N–H and O–H groups in total. The number of hydrogen-bond donors (Lipinski definition) is 0. The fourth-order valence-corrected chi connectivity index (χ4v) is 5.17. The zero-order valence-electron chi connectivity index (χ0n) is 20.1. The van der Waals surface area contributed by atoms with Gasteiger partial charge in [0.05, 0.1) is 24.0 Å². The highest BCUT2D eigenvalue weighted by Crippen LogP contribution is 2.34. The summed E-state index contributed by atoms with van der Waals surface area (Å²) in [5.74, 6) is 1.77. The van der Waals surface area contributed by atoms with E-state index in [0.717, 1.165) is 67.9 Å².